The number of ketones is 1. The summed E-state index contributed by atoms with van der Waals surface area (Å²) >= 11 is 0. The monoisotopic (exact) mass is 473 g/mol. The van der Waals surface area contributed by atoms with Crippen LogP contribution in [0.2, 0.25) is 0 Å². The Morgan fingerprint density at radius 3 is 2.17 bits per heavy atom. The predicted octanol–water partition coefficient (Wildman–Crippen LogP) is 4.89. The molecule has 0 aromatic heterocycles. The molecule has 2 N–H and O–H groups in total. The summed E-state index contributed by atoms with van der Waals surface area (Å²) < 4.78 is 0. The van der Waals surface area contributed by atoms with Gasteiger partial charge in [-0.15, -0.1) is 0 Å². The molecule has 6 heteroatoms. The molecule has 184 valence electrons. The number of benzene rings is 2. The Bertz CT molecular complexity index is 1080. The van der Waals surface area contributed by atoms with Crippen LogP contribution in [0.4, 0.5) is 11.4 Å². The minimum atomic E-state index is -1.36. The lowest BCUT2D eigenvalue weighted by molar-refractivity contribution is -0.135. The third-order valence-corrected chi connectivity index (χ3v) is 8.07. The molecule has 0 bridgehead atoms. The molecule has 0 radical (unpaired) electrons. The Hall–Kier alpha value is -3.15. The van der Waals surface area contributed by atoms with Gasteiger partial charge in [0.1, 0.15) is 5.54 Å². The SMILES string of the molecule is CC1(c2ccc(N3CCCCC3)cc2)NC(=O)C(C(=O)Nc2ccc(C3CCCCC3)cc2)C1=O. The van der Waals surface area contributed by atoms with Gasteiger partial charge in [0.15, 0.2) is 11.7 Å². The van der Waals surface area contributed by atoms with Crippen molar-refractivity contribution >= 4 is 29.0 Å². The van der Waals surface area contributed by atoms with Crippen molar-refractivity contribution in [3.63, 3.8) is 0 Å². The normalized spacial score (nSPS) is 25.4. The van der Waals surface area contributed by atoms with E-state index in [-0.39, 0.29) is 0 Å². The molecule has 1 aliphatic carbocycles. The third-order valence-electron chi connectivity index (χ3n) is 8.07. The standard InChI is InChI=1S/C29H35N3O3/c1-29(22-12-16-24(17-13-22)32-18-6-3-7-19-32)26(33)25(28(35)31-29)27(34)30-23-14-10-21(11-15-23)20-8-4-2-5-9-20/h10-17,20,25H,2-9,18-19H2,1H3,(H,30,34)(H,31,35). The maximum atomic E-state index is 13.4. The van der Waals surface area contributed by atoms with Gasteiger partial charge < -0.3 is 15.5 Å². The van der Waals surface area contributed by atoms with Gasteiger partial charge >= 0.3 is 0 Å². The number of carbonyl (C=O) groups is 3. The molecule has 2 saturated heterocycles. The van der Waals surface area contributed by atoms with E-state index < -0.39 is 29.1 Å². The van der Waals surface area contributed by atoms with Gasteiger partial charge in [-0.05, 0) is 80.3 Å². The van der Waals surface area contributed by atoms with Crippen molar-refractivity contribution in [2.24, 2.45) is 5.92 Å². The number of rotatable bonds is 5. The van der Waals surface area contributed by atoms with Crippen LogP contribution in [0.1, 0.15) is 75.3 Å². The van der Waals surface area contributed by atoms with Gasteiger partial charge in [0.25, 0.3) is 0 Å². The first-order valence-corrected chi connectivity index (χ1v) is 13.1. The van der Waals surface area contributed by atoms with E-state index in [2.05, 4.69) is 27.7 Å². The molecule has 2 aromatic rings. The summed E-state index contributed by atoms with van der Waals surface area (Å²) in [5, 5.41) is 5.59. The summed E-state index contributed by atoms with van der Waals surface area (Å²) in [5.74, 6) is -2.32. The molecule has 6 nitrogen and oxygen atoms in total. The van der Waals surface area contributed by atoms with Crippen molar-refractivity contribution in [1.29, 1.82) is 0 Å². The Morgan fingerprint density at radius 2 is 1.51 bits per heavy atom. The maximum Gasteiger partial charge on any atom is 0.244 e. The molecule has 2 unspecified atom stereocenters. The highest BCUT2D eigenvalue weighted by molar-refractivity contribution is 6.27. The molecule has 2 heterocycles. The van der Waals surface area contributed by atoms with E-state index in [9.17, 15) is 14.4 Å². The molecule has 2 aromatic carbocycles. The number of hydrogen-bond donors (Lipinski definition) is 2. The van der Waals surface area contributed by atoms with Crippen LogP contribution in [0.5, 0.6) is 0 Å². The van der Waals surface area contributed by atoms with Gasteiger partial charge in [-0.25, -0.2) is 0 Å². The second-order valence-corrected chi connectivity index (χ2v) is 10.5. The molecule has 2 amide bonds. The summed E-state index contributed by atoms with van der Waals surface area (Å²) in [6.45, 7) is 3.77. The lowest BCUT2D eigenvalue weighted by Crippen LogP contribution is -2.40. The zero-order valence-electron chi connectivity index (χ0n) is 20.5. The van der Waals surface area contributed by atoms with Crippen molar-refractivity contribution in [3.05, 3.63) is 59.7 Å². The topological polar surface area (TPSA) is 78.5 Å². The van der Waals surface area contributed by atoms with E-state index in [1.165, 1.54) is 56.9 Å². The lowest BCUT2D eigenvalue weighted by atomic mass is 9.84. The first kappa shape index (κ1) is 23.6. The molecule has 5 rings (SSSR count). The van der Waals surface area contributed by atoms with E-state index in [1.807, 2.05) is 36.4 Å². The van der Waals surface area contributed by atoms with E-state index in [0.717, 1.165) is 18.8 Å². The Kier molecular flexibility index (Phi) is 6.63. The number of Topliss-reactive ketones (excluding diaryl/α,β-unsaturated/α-hetero) is 1. The first-order chi connectivity index (χ1) is 17.0. The van der Waals surface area contributed by atoms with Crippen molar-refractivity contribution in [3.8, 4) is 0 Å². The Morgan fingerprint density at radius 1 is 0.886 bits per heavy atom. The second-order valence-electron chi connectivity index (χ2n) is 10.5. The average Bonchev–Trinajstić information content (AvgIpc) is 3.14. The average molecular weight is 474 g/mol. The Balaban J connectivity index is 1.26. The number of nitrogens with zero attached hydrogens (tertiary/aromatic N) is 1. The van der Waals surface area contributed by atoms with Crippen LogP contribution >= 0.6 is 0 Å². The van der Waals surface area contributed by atoms with E-state index in [4.69, 9.17) is 0 Å². The first-order valence-electron chi connectivity index (χ1n) is 13.1. The van der Waals surface area contributed by atoms with Gasteiger partial charge in [-0.1, -0.05) is 43.5 Å². The molecule has 3 fully saturated rings. The summed E-state index contributed by atoms with van der Waals surface area (Å²) in [6, 6.07) is 15.7. The molecular formula is C29H35N3O3. The molecule has 35 heavy (non-hydrogen) atoms. The summed E-state index contributed by atoms with van der Waals surface area (Å²) in [7, 11) is 0. The molecule has 1 saturated carbocycles. The van der Waals surface area contributed by atoms with Crippen molar-refractivity contribution in [2.75, 3.05) is 23.3 Å². The smallest absolute Gasteiger partial charge is 0.244 e. The van der Waals surface area contributed by atoms with E-state index in [0.29, 0.717) is 17.2 Å². The van der Waals surface area contributed by atoms with Crippen LogP contribution in [0.15, 0.2) is 48.5 Å². The fourth-order valence-corrected chi connectivity index (χ4v) is 5.89. The number of anilines is 2. The third kappa shape index (κ3) is 4.71. The second kappa shape index (κ2) is 9.84. The van der Waals surface area contributed by atoms with Gasteiger partial charge in [-0.3, -0.25) is 14.4 Å². The lowest BCUT2D eigenvalue weighted by Gasteiger charge is -2.30. The van der Waals surface area contributed by atoms with Crippen LogP contribution in [-0.4, -0.2) is 30.7 Å². The zero-order chi connectivity index (χ0) is 24.4. The van der Waals surface area contributed by atoms with Crippen molar-refractivity contribution < 1.29 is 14.4 Å². The van der Waals surface area contributed by atoms with Crippen LogP contribution in [-0.2, 0) is 19.9 Å². The fraction of sp³-hybridized carbons (Fsp3) is 0.483. The summed E-state index contributed by atoms with van der Waals surface area (Å²) in [6.07, 6.45) is 9.90. The number of amides is 2. The van der Waals surface area contributed by atoms with E-state index >= 15 is 0 Å². The van der Waals surface area contributed by atoms with Gasteiger partial charge in [-0.2, -0.15) is 0 Å². The predicted molar refractivity (Wildman–Crippen MR) is 137 cm³/mol. The van der Waals surface area contributed by atoms with Crippen LogP contribution in [0, 0.1) is 5.92 Å². The number of hydrogen-bond acceptors (Lipinski definition) is 4. The highest BCUT2D eigenvalue weighted by Gasteiger charge is 2.53. The molecule has 2 aliphatic heterocycles. The van der Waals surface area contributed by atoms with Gasteiger partial charge in [0.05, 0.1) is 0 Å². The van der Waals surface area contributed by atoms with Crippen LogP contribution in [0.3, 0.4) is 0 Å². The highest BCUT2D eigenvalue weighted by atomic mass is 16.2. The molecule has 3 aliphatic rings. The largest absolute Gasteiger partial charge is 0.372 e. The number of nitrogens with one attached hydrogen (secondary N) is 2. The van der Waals surface area contributed by atoms with E-state index in [1.54, 1.807) is 6.92 Å². The summed E-state index contributed by atoms with van der Waals surface area (Å²) in [5.41, 5.74) is 2.50. The van der Waals surface area contributed by atoms with Crippen molar-refractivity contribution in [1.82, 2.24) is 5.32 Å². The van der Waals surface area contributed by atoms with Gasteiger partial charge in [0, 0.05) is 24.5 Å². The van der Waals surface area contributed by atoms with Crippen LogP contribution < -0.4 is 15.5 Å². The Labute approximate surface area is 207 Å². The number of piperidine rings is 1. The number of carbonyl (C=O) groups excluding carboxylic acids is 3. The maximum absolute atomic E-state index is 13.4. The zero-order valence-corrected chi connectivity index (χ0v) is 20.5. The fourth-order valence-electron chi connectivity index (χ4n) is 5.89. The minimum absolute atomic E-state index is 0.412. The summed E-state index contributed by atoms with van der Waals surface area (Å²) in [4.78, 5) is 41.5. The minimum Gasteiger partial charge on any atom is -0.372 e. The quantitative estimate of drug-likeness (QED) is 0.606. The highest BCUT2D eigenvalue weighted by Crippen LogP contribution is 2.35. The molecule has 0 spiro atoms. The van der Waals surface area contributed by atoms with Crippen molar-refractivity contribution in [2.45, 2.75) is 69.7 Å². The van der Waals surface area contributed by atoms with Gasteiger partial charge in [0.2, 0.25) is 11.8 Å². The molecular weight excluding hydrogens is 438 g/mol. The molecule has 2 atom stereocenters. The van der Waals surface area contributed by atoms with Crippen LogP contribution in [0.25, 0.3) is 0 Å².